The Hall–Kier alpha value is -1.29. The van der Waals surface area contributed by atoms with Gasteiger partial charge in [-0.15, -0.1) is 0 Å². The maximum Gasteiger partial charge on any atom is 0.129 e. The van der Waals surface area contributed by atoms with Crippen LogP contribution in [0.15, 0.2) is 23.4 Å². The van der Waals surface area contributed by atoms with Crippen LogP contribution in [0, 0.1) is 12.8 Å². The number of hydrogen-bond donors (Lipinski definition) is 1. The third-order valence-electron chi connectivity index (χ3n) is 3.70. The van der Waals surface area contributed by atoms with Gasteiger partial charge in [0, 0.05) is 37.9 Å². The van der Waals surface area contributed by atoms with Crippen LogP contribution in [0.2, 0.25) is 0 Å². The van der Waals surface area contributed by atoms with Gasteiger partial charge in [0.25, 0.3) is 0 Å². The van der Waals surface area contributed by atoms with Gasteiger partial charge in [0.05, 0.1) is 0 Å². The summed E-state index contributed by atoms with van der Waals surface area (Å²) in [5, 5.41) is 8.35. The molecule has 1 aliphatic rings. The molecule has 2 heterocycles. The molecule has 0 aliphatic carbocycles. The van der Waals surface area contributed by atoms with Crippen LogP contribution in [-0.2, 0) is 0 Å². The smallest absolute Gasteiger partial charge is 0.129 e. The van der Waals surface area contributed by atoms with Gasteiger partial charge in [0.2, 0.25) is 0 Å². The molecule has 1 aromatic heterocycles. The molecule has 1 N–H and O–H groups in total. The lowest BCUT2D eigenvalue weighted by Crippen LogP contribution is -2.40. The minimum atomic E-state index is 0.435. The fourth-order valence-corrected chi connectivity index (χ4v) is 2.59. The second-order valence-electron chi connectivity index (χ2n) is 5.34. The van der Waals surface area contributed by atoms with Crippen molar-refractivity contribution in [3.05, 3.63) is 24.0 Å². The Morgan fingerprint density at radius 3 is 2.83 bits per heavy atom. The Balaban J connectivity index is 2.22. The summed E-state index contributed by atoms with van der Waals surface area (Å²) < 4.78 is 1.96. The number of nitrogens with zero attached hydrogens (tertiary/aromatic N) is 3. The molecule has 18 heavy (non-hydrogen) atoms. The summed E-state index contributed by atoms with van der Waals surface area (Å²) in [6.45, 7) is 5.48. The zero-order valence-electron chi connectivity index (χ0n) is 11.8. The van der Waals surface area contributed by atoms with Gasteiger partial charge < -0.3 is 10.2 Å². The summed E-state index contributed by atoms with van der Waals surface area (Å²) in [6, 6.07) is 4.67. The van der Waals surface area contributed by atoms with E-state index in [9.17, 15) is 0 Å². The SMILES string of the molecule is Cc1cccn1/N=C(/C(C)[C@@H]1CCCN1)N(C)C. The second-order valence-corrected chi connectivity index (χ2v) is 5.34. The highest BCUT2D eigenvalue weighted by molar-refractivity contribution is 5.84. The lowest BCUT2D eigenvalue weighted by molar-refractivity contribution is 0.459. The normalized spacial score (nSPS) is 22.2. The fraction of sp³-hybridized carbons (Fsp3) is 0.643. The largest absolute Gasteiger partial charge is 0.364 e. The molecule has 1 unspecified atom stereocenters. The van der Waals surface area contributed by atoms with Crippen molar-refractivity contribution in [2.75, 3.05) is 20.6 Å². The number of hydrogen-bond acceptors (Lipinski definition) is 2. The highest BCUT2D eigenvalue weighted by Gasteiger charge is 2.26. The second kappa shape index (κ2) is 5.57. The van der Waals surface area contributed by atoms with E-state index in [4.69, 9.17) is 5.10 Å². The molecular weight excluding hydrogens is 224 g/mol. The summed E-state index contributed by atoms with van der Waals surface area (Å²) >= 11 is 0. The Bertz CT molecular complexity index is 413. The van der Waals surface area contributed by atoms with Crippen LogP contribution < -0.4 is 5.32 Å². The summed E-state index contributed by atoms with van der Waals surface area (Å²) in [5.74, 6) is 1.57. The summed E-state index contributed by atoms with van der Waals surface area (Å²) in [4.78, 5) is 2.13. The first-order chi connectivity index (χ1) is 8.59. The van der Waals surface area contributed by atoms with Gasteiger partial charge in [-0.1, -0.05) is 6.92 Å². The van der Waals surface area contributed by atoms with Crippen molar-refractivity contribution in [2.24, 2.45) is 11.0 Å². The van der Waals surface area contributed by atoms with Crippen LogP contribution in [0.4, 0.5) is 0 Å². The first-order valence-electron chi connectivity index (χ1n) is 6.73. The molecule has 4 nitrogen and oxygen atoms in total. The summed E-state index contributed by atoms with van der Waals surface area (Å²) in [5.41, 5.74) is 1.17. The van der Waals surface area contributed by atoms with Crippen molar-refractivity contribution < 1.29 is 0 Å². The van der Waals surface area contributed by atoms with Gasteiger partial charge in [-0.25, -0.2) is 4.68 Å². The summed E-state index contributed by atoms with van der Waals surface area (Å²) in [7, 11) is 4.15. The van der Waals surface area contributed by atoms with E-state index in [-0.39, 0.29) is 0 Å². The van der Waals surface area contributed by atoms with Gasteiger partial charge in [-0.05, 0) is 38.4 Å². The zero-order valence-corrected chi connectivity index (χ0v) is 11.8. The molecule has 1 saturated heterocycles. The molecule has 0 aromatic carbocycles. The van der Waals surface area contributed by atoms with Crippen LogP contribution in [0.25, 0.3) is 0 Å². The monoisotopic (exact) mass is 248 g/mol. The van der Waals surface area contributed by atoms with Gasteiger partial charge in [0.1, 0.15) is 5.84 Å². The van der Waals surface area contributed by atoms with Crippen molar-refractivity contribution >= 4 is 5.84 Å². The maximum atomic E-state index is 4.78. The van der Waals surface area contributed by atoms with Crippen LogP contribution in [-0.4, -0.2) is 42.1 Å². The lowest BCUT2D eigenvalue weighted by atomic mass is 9.99. The van der Waals surface area contributed by atoms with Crippen LogP contribution >= 0.6 is 0 Å². The van der Waals surface area contributed by atoms with E-state index in [1.54, 1.807) is 0 Å². The average molecular weight is 248 g/mol. The Labute approximate surface area is 110 Å². The standard InChI is InChI=1S/C14H24N4/c1-11-7-6-10-18(11)16-14(17(3)4)12(2)13-8-5-9-15-13/h6-7,10,12-13,15H,5,8-9H2,1-4H3/b16-14-/t12?,13-/m0/s1. The average Bonchev–Trinajstić information content (AvgIpc) is 2.96. The van der Waals surface area contributed by atoms with E-state index in [1.807, 2.05) is 16.9 Å². The van der Waals surface area contributed by atoms with E-state index in [0.717, 1.165) is 12.4 Å². The first-order valence-corrected chi connectivity index (χ1v) is 6.73. The molecule has 1 aliphatic heterocycles. The molecule has 0 bridgehead atoms. The number of amidine groups is 1. The van der Waals surface area contributed by atoms with Gasteiger partial charge in [0.15, 0.2) is 0 Å². The van der Waals surface area contributed by atoms with E-state index >= 15 is 0 Å². The highest BCUT2D eigenvalue weighted by atomic mass is 15.4. The van der Waals surface area contributed by atoms with Crippen molar-refractivity contribution in [2.45, 2.75) is 32.7 Å². The molecule has 1 aromatic rings. The Morgan fingerprint density at radius 2 is 2.33 bits per heavy atom. The van der Waals surface area contributed by atoms with Crippen molar-refractivity contribution in [1.82, 2.24) is 14.9 Å². The number of aromatic nitrogens is 1. The summed E-state index contributed by atoms with van der Waals surface area (Å²) in [6.07, 6.45) is 4.53. The molecule has 2 rings (SSSR count). The third-order valence-corrected chi connectivity index (χ3v) is 3.70. The van der Waals surface area contributed by atoms with E-state index < -0.39 is 0 Å². The quantitative estimate of drug-likeness (QED) is 0.654. The molecule has 0 radical (unpaired) electrons. The molecule has 0 saturated carbocycles. The van der Waals surface area contributed by atoms with Gasteiger partial charge in [-0.3, -0.25) is 0 Å². The van der Waals surface area contributed by atoms with Gasteiger partial charge in [-0.2, -0.15) is 5.10 Å². The lowest BCUT2D eigenvalue weighted by Gasteiger charge is -2.26. The first kappa shape index (κ1) is 13.1. The Morgan fingerprint density at radius 1 is 1.56 bits per heavy atom. The van der Waals surface area contributed by atoms with Gasteiger partial charge >= 0.3 is 0 Å². The molecule has 1 fully saturated rings. The molecule has 0 spiro atoms. The minimum Gasteiger partial charge on any atom is -0.364 e. The topological polar surface area (TPSA) is 32.6 Å². The predicted molar refractivity (Wildman–Crippen MR) is 75.9 cm³/mol. The van der Waals surface area contributed by atoms with Crippen LogP contribution in [0.5, 0.6) is 0 Å². The van der Waals surface area contributed by atoms with Crippen molar-refractivity contribution in [3.8, 4) is 0 Å². The molecule has 100 valence electrons. The van der Waals surface area contributed by atoms with E-state index in [0.29, 0.717) is 12.0 Å². The van der Waals surface area contributed by atoms with E-state index in [2.05, 4.69) is 44.2 Å². The van der Waals surface area contributed by atoms with Crippen LogP contribution in [0.1, 0.15) is 25.5 Å². The molecule has 2 atom stereocenters. The third kappa shape index (κ3) is 2.75. The number of aryl methyl sites for hydroxylation is 1. The number of rotatable bonds is 3. The molecule has 0 amide bonds. The predicted octanol–water partition coefficient (Wildman–Crippen LogP) is 1.91. The molecular formula is C14H24N4. The Kier molecular flexibility index (Phi) is 4.07. The minimum absolute atomic E-state index is 0.435. The fourth-order valence-electron chi connectivity index (χ4n) is 2.59. The number of nitrogens with one attached hydrogen (secondary N) is 1. The highest BCUT2D eigenvalue weighted by Crippen LogP contribution is 2.17. The van der Waals surface area contributed by atoms with Crippen molar-refractivity contribution in [1.29, 1.82) is 0 Å². The zero-order chi connectivity index (χ0) is 13.1. The molecule has 4 heteroatoms. The van der Waals surface area contributed by atoms with Crippen molar-refractivity contribution in [3.63, 3.8) is 0 Å². The maximum absolute atomic E-state index is 4.78. The van der Waals surface area contributed by atoms with Crippen LogP contribution in [0.3, 0.4) is 0 Å². The van der Waals surface area contributed by atoms with E-state index in [1.165, 1.54) is 18.5 Å².